The molecule has 0 aromatic heterocycles. The molecule has 2 N–H and O–H groups in total. The molecule has 2 rings (SSSR count). The average molecular weight is 498 g/mol. The Morgan fingerprint density at radius 2 is 1.72 bits per heavy atom. The van der Waals surface area contributed by atoms with Crippen LogP contribution < -0.4 is 10.0 Å². The number of rotatable bonds is 9. The van der Waals surface area contributed by atoms with Gasteiger partial charge in [0.25, 0.3) is 11.7 Å². The Hall–Kier alpha value is -2.71. The van der Waals surface area contributed by atoms with E-state index in [1.807, 2.05) is 0 Å². The standard InChI is InChI=1S/C18H15F5N2O5S2/c19-17(20)31-13-6-4-12(5-7-13)25-15(26)10-30-16(27)9-24-32(28,29)14-3-1-2-11(8-14)18(21,22)23/h1-8,17,24H,9-10H2,(H,25,26). The van der Waals surface area contributed by atoms with Gasteiger partial charge >= 0.3 is 12.1 Å². The van der Waals surface area contributed by atoms with Gasteiger partial charge in [0, 0.05) is 10.6 Å². The van der Waals surface area contributed by atoms with Crippen molar-refractivity contribution in [2.75, 3.05) is 18.5 Å². The maximum absolute atomic E-state index is 12.7. The zero-order chi connectivity index (χ0) is 23.9. The first-order chi connectivity index (χ1) is 14.9. The van der Waals surface area contributed by atoms with E-state index in [1.54, 1.807) is 4.72 Å². The van der Waals surface area contributed by atoms with E-state index in [4.69, 9.17) is 0 Å². The number of hydrogen-bond acceptors (Lipinski definition) is 6. The van der Waals surface area contributed by atoms with Crippen LogP contribution in [0.25, 0.3) is 0 Å². The third-order valence-corrected chi connectivity index (χ3v) is 5.73. The van der Waals surface area contributed by atoms with Crippen molar-refractivity contribution in [2.45, 2.75) is 21.7 Å². The summed E-state index contributed by atoms with van der Waals surface area (Å²) in [7, 11) is -4.44. The summed E-state index contributed by atoms with van der Waals surface area (Å²) in [6, 6.07) is 8.33. The highest BCUT2D eigenvalue weighted by Crippen LogP contribution is 2.30. The van der Waals surface area contributed by atoms with Crippen LogP contribution in [0.3, 0.4) is 0 Å². The largest absolute Gasteiger partial charge is 0.455 e. The number of carbonyl (C=O) groups is 2. The molecule has 0 heterocycles. The van der Waals surface area contributed by atoms with Crippen LogP contribution in [-0.4, -0.2) is 39.2 Å². The average Bonchev–Trinajstić information content (AvgIpc) is 2.71. The van der Waals surface area contributed by atoms with Crippen molar-refractivity contribution < 1.29 is 44.7 Å². The first kappa shape index (κ1) is 25.5. The fraction of sp³-hybridized carbons (Fsp3) is 0.222. The van der Waals surface area contributed by atoms with E-state index in [2.05, 4.69) is 10.1 Å². The lowest BCUT2D eigenvalue weighted by atomic mass is 10.2. The Labute approximate surface area is 183 Å². The fourth-order valence-electron chi connectivity index (χ4n) is 2.19. The van der Waals surface area contributed by atoms with Gasteiger partial charge in [0.2, 0.25) is 10.0 Å². The van der Waals surface area contributed by atoms with Gasteiger partial charge in [-0.05, 0) is 42.5 Å². The zero-order valence-corrected chi connectivity index (χ0v) is 17.5. The topological polar surface area (TPSA) is 102 Å². The van der Waals surface area contributed by atoms with Gasteiger partial charge in [-0.2, -0.15) is 26.7 Å². The summed E-state index contributed by atoms with van der Waals surface area (Å²) in [6.07, 6.45) is -4.75. The van der Waals surface area contributed by atoms with Crippen molar-refractivity contribution in [3.8, 4) is 0 Å². The highest BCUT2D eigenvalue weighted by molar-refractivity contribution is 7.99. The van der Waals surface area contributed by atoms with Crippen LogP contribution in [0.1, 0.15) is 5.56 Å². The van der Waals surface area contributed by atoms with Gasteiger partial charge < -0.3 is 10.1 Å². The maximum atomic E-state index is 12.7. The van der Waals surface area contributed by atoms with E-state index in [9.17, 15) is 40.0 Å². The van der Waals surface area contributed by atoms with Crippen molar-refractivity contribution in [3.63, 3.8) is 0 Å². The normalized spacial score (nSPS) is 11.9. The van der Waals surface area contributed by atoms with Crippen LogP contribution in [-0.2, 0) is 30.5 Å². The van der Waals surface area contributed by atoms with E-state index in [-0.39, 0.29) is 10.6 Å². The summed E-state index contributed by atoms with van der Waals surface area (Å²) in [5.41, 5.74) is -0.935. The minimum Gasteiger partial charge on any atom is -0.455 e. The summed E-state index contributed by atoms with van der Waals surface area (Å²) in [5, 5.41) is 2.34. The fourth-order valence-corrected chi connectivity index (χ4v) is 3.70. The number of sulfonamides is 1. The molecule has 0 radical (unpaired) electrons. The van der Waals surface area contributed by atoms with Crippen molar-refractivity contribution in [1.82, 2.24) is 4.72 Å². The lowest BCUT2D eigenvalue weighted by molar-refractivity contribution is -0.146. The number of carbonyl (C=O) groups excluding carboxylic acids is 2. The molecule has 1 amide bonds. The van der Waals surface area contributed by atoms with Crippen LogP contribution in [0.15, 0.2) is 58.3 Å². The Bertz CT molecular complexity index is 1060. The molecule has 2 aromatic rings. The monoisotopic (exact) mass is 498 g/mol. The van der Waals surface area contributed by atoms with Crippen molar-refractivity contribution in [1.29, 1.82) is 0 Å². The smallest absolute Gasteiger partial charge is 0.416 e. The van der Waals surface area contributed by atoms with E-state index >= 15 is 0 Å². The van der Waals surface area contributed by atoms with Gasteiger partial charge in [0.15, 0.2) is 6.61 Å². The molecule has 32 heavy (non-hydrogen) atoms. The number of amides is 1. The first-order valence-electron chi connectivity index (χ1n) is 8.54. The summed E-state index contributed by atoms with van der Waals surface area (Å²) in [6.45, 7) is -1.71. The van der Waals surface area contributed by atoms with E-state index in [0.29, 0.717) is 23.9 Å². The van der Waals surface area contributed by atoms with Gasteiger partial charge in [-0.3, -0.25) is 9.59 Å². The van der Waals surface area contributed by atoms with Gasteiger partial charge in [-0.25, -0.2) is 8.42 Å². The molecule has 14 heteroatoms. The van der Waals surface area contributed by atoms with Crippen molar-refractivity contribution in [2.24, 2.45) is 0 Å². The van der Waals surface area contributed by atoms with E-state index < -0.39 is 57.4 Å². The molecule has 7 nitrogen and oxygen atoms in total. The zero-order valence-electron chi connectivity index (χ0n) is 15.9. The predicted molar refractivity (Wildman–Crippen MR) is 105 cm³/mol. The van der Waals surface area contributed by atoms with E-state index in [0.717, 1.165) is 12.1 Å². The molecule has 0 aliphatic heterocycles. The third kappa shape index (κ3) is 8.09. The minimum atomic E-state index is -4.75. The number of nitrogens with one attached hydrogen (secondary N) is 2. The van der Waals surface area contributed by atoms with Gasteiger partial charge in [0.05, 0.1) is 10.5 Å². The van der Waals surface area contributed by atoms with Crippen LogP contribution >= 0.6 is 11.8 Å². The molecule has 0 atom stereocenters. The molecule has 0 fully saturated rings. The summed E-state index contributed by atoms with van der Waals surface area (Å²) >= 11 is 0.321. The van der Waals surface area contributed by atoms with Crippen LogP contribution in [0.2, 0.25) is 0 Å². The van der Waals surface area contributed by atoms with Gasteiger partial charge in [-0.1, -0.05) is 17.8 Å². The number of anilines is 1. The van der Waals surface area contributed by atoms with E-state index in [1.165, 1.54) is 24.3 Å². The molecule has 0 saturated heterocycles. The Morgan fingerprint density at radius 1 is 1.06 bits per heavy atom. The number of esters is 1. The molecule has 174 valence electrons. The Balaban J connectivity index is 1.83. The third-order valence-electron chi connectivity index (χ3n) is 3.61. The number of alkyl halides is 5. The molecule has 0 saturated carbocycles. The van der Waals surface area contributed by atoms with Gasteiger partial charge in [0.1, 0.15) is 6.54 Å². The Morgan fingerprint density at radius 3 is 2.31 bits per heavy atom. The molecule has 0 unspecified atom stereocenters. The lowest BCUT2D eigenvalue weighted by Gasteiger charge is -2.10. The number of ether oxygens (including phenoxy) is 1. The second-order valence-corrected chi connectivity index (χ2v) is 8.79. The maximum Gasteiger partial charge on any atom is 0.416 e. The number of hydrogen-bond donors (Lipinski definition) is 2. The SMILES string of the molecule is O=C(COC(=O)CNS(=O)(=O)c1cccc(C(F)(F)F)c1)Nc1ccc(SC(F)F)cc1. The van der Waals surface area contributed by atoms with Crippen molar-refractivity contribution in [3.05, 3.63) is 54.1 Å². The highest BCUT2D eigenvalue weighted by Gasteiger charge is 2.31. The van der Waals surface area contributed by atoms with Crippen LogP contribution in [0.4, 0.5) is 27.6 Å². The van der Waals surface area contributed by atoms with Crippen LogP contribution in [0, 0.1) is 0 Å². The highest BCUT2D eigenvalue weighted by atomic mass is 32.2. The van der Waals surface area contributed by atoms with Crippen LogP contribution in [0.5, 0.6) is 0 Å². The summed E-state index contributed by atoms with van der Waals surface area (Å²) in [4.78, 5) is 23.0. The second kappa shape index (κ2) is 10.7. The summed E-state index contributed by atoms with van der Waals surface area (Å²) < 4.78 is 93.2. The Kier molecular flexibility index (Phi) is 8.58. The predicted octanol–water partition coefficient (Wildman–Crippen LogP) is 3.48. The molecular formula is C18H15F5N2O5S2. The number of benzene rings is 2. The molecule has 0 spiro atoms. The second-order valence-electron chi connectivity index (χ2n) is 5.96. The molecule has 0 aliphatic rings. The molecule has 0 aliphatic carbocycles. The molecule has 0 bridgehead atoms. The number of halogens is 5. The minimum absolute atomic E-state index is 0.245. The van der Waals surface area contributed by atoms with Gasteiger partial charge in [-0.15, -0.1) is 0 Å². The first-order valence-corrected chi connectivity index (χ1v) is 10.9. The van der Waals surface area contributed by atoms with Crippen molar-refractivity contribution >= 4 is 39.3 Å². The quantitative estimate of drug-likeness (QED) is 0.312. The molecular weight excluding hydrogens is 483 g/mol. The summed E-state index contributed by atoms with van der Waals surface area (Å²) in [5.74, 6) is -4.53. The lowest BCUT2D eigenvalue weighted by Crippen LogP contribution is -2.32. The molecule has 2 aromatic carbocycles. The number of thioether (sulfide) groups is 1.